The van der Waals surface area contributed by atoms with Crippen molar-refractivity contribution in [1.82, 2.24) is 10.2 Å². The summed E-state index contributed by atoms with van der Waals surface area (Å²) in [6.07, 6.45) is 2.12. The number of rotatable bonds is 4. The van der Waals surface area contributed by atoms with Crippen molar-refractivity contribution in [3.8, 4) is 0 Å². The molecule has 1 heterocycles. The van der Waals surface area contributed by atoms with Crippen LogP contribution in [0.2, 0.25) is 0 Å². The van der Waals surface area contributed by atoms with Gasteiger partial charge in [-0.15, -0.1) is 24.2 Å². The van der Waals surface area contributed by atoms with Gasteiger partial charge in [0.15, 0.2) is 0 Å². The van der Waals surface area contributed by atoms with Gasteiger partial charge in [0.1, 0.15) is 0 Å². The van der Waals surface area contributed by atoms with Crippen molar-refractivity contribution in [2.24, 2.45) is 0 Å². The summed E-state index contributed by atoms with van der Waals surface area (Å²) in [6.45, 7) is 6.20. The minimum absolute atomic E-state index is 0. The number of benzene rings is 1. The zero-order valence-electron chi connectivity index (χ0n) is 13.3. The molecule has 1 fully saturated rings. The van der Waals surface area contributed by atoms with Crippen LogP contribution in [-0.4, -0.2) is 42.7 Å². The standard InChI is InChI=1S/C16H23BrN2OS.ClH/c1-11-9-15(12(2)8-14(11)17)21-10-16(20)19(3)13-4-6-18-7-5-13;/h8-9,13,18H,4-7,10H2,1-3H3;1H. The van der Waals surface area contributed by atoms with Gasteiger partial charge in [-0.05, 0) is 63.0 Å². The van der Waals surface area contributed by atoms with Gasteiger partial charge in [0, 0.05) is 22.5 Å². The van der Waals surface area contributed by atoms with E-state index in [-0.39, 0.29) is 18.3 Å². The Kier molecular flexibility index (Phi) is 8.25. The predicted octanol–water partition coefficient (Wildman–Crippen LogP) is 3.79. The number of piperidine rings is 1. The molecule has 3 nitrogen and oxygen atoms in total. The van der Waals surface area contributed by atoms with Crippen molar-refractivity contribution in [2.75, 3.05) is 25.9 Å². The zero-order chi connectivity index (χ0) is 15.4. The molecule has 0 bridgehead atoms. The van der Waals surface area contributed by atoms with Crippen molar-refractivity contribution in [2.45, 2.75) is 37.6 Å². The molecule has 1 saturated heterocycles. The molecule has 6 heteroatoms. The van der Waals surface area contributed by atoms with E-state index in [1.165, 1.54) is 16.0 Å². The molecule has 1 amide bonds. The molecular formula is C16H24BrClN2OS. The van der Waals surface area contributed by atoms with Gasteiger partial charge in [0.25, 0.3) is 0 Å². The minimum atomic E-state index is 0. The van der Waals surface area contributed by atoms with Gasteiger partial charge in [-0.25, -0.2) is 0 Å². The second kappa shape index (κ2) is 9.16. The summed E-state index contributed by atoms with van der Waals surface area (Å²) in [6, 6.07) is 4.67. The van der Waals surface area contributed by atoms with Crippen LogP contribution in [0.5, 0.6) is 0 Å². The van der Waals surface area contributed by atoms with E-state index >= 15 is 0 Å². The lowest BCUT2D eigenvalue weighted by Gasteiger charge is -2.31. The maximum Gasteiger partial charge on any atom is 0.232 e. The molecule has 1 aromatic rings. The van der Waals surface area contributed by atoms with E-state index < -0.39 is 0 Å². The van der Waals surface area contributed by atoms with Gasteiger partial charge in [-0.3, -0.25) is 4.79 Å². The van der Waals surface area contributed by atoms with E-state index in [4.69, 9.17) is 0 Å². The highest BCUT2D eigenvalue weighted by atomic mass is 79.9. The normalized spacial score (nSPS) is 15.3. The molecule has 0 aliphatic carbocycles. The maximum atomic E-state index is 12.4. The second-order valence-corrected chi connectivity index (χ2v) is 7.51. The first-order chi connectivity index (χ1) is 9.99. The SMILES string of the molecule is Cc1cc(SCC(=O)N(C)C2CCNCC2)c(C)cc1Br.Cl. The maximum absolute atomic E-state index is 12.4. The molecule has 0 saturated carbocycles. The quantitative estimate of drug-likeness (QED) is 0.771. The fraction of sp³-hybridized carbons (Fsp3) is 0.562. The van der Waals surface area contributed by atoms with Gasteiger partial charge in [0.2, 0.25) is 5.91 Å². The van der Waals surface area contributed by atoms with E-state index in [0.29, 0.717) is 11.8 Å². The highest BCUT2D eigenvalue weighted by molar-refractivity contribution is 9.10. The van der Waals surface area contributed by atoms with E-state index in [1.807, 2.05) is 11.9 Å². The summed E-state index contributed by atoms with van der Waals surface area (Å²) in [5.74, 6) is 0.745. The van der Waals surface area contributed by atoms with Crippen molar-refractivity contribution >= 4 is 46.0 Å². The number of nitrogens with zero attached hydrogens (tertiary/aromatic N) is 1. The Hall–Kier alpha value is -0.230. The highest BCUT2D eigenvalue weighted by Gasteiger charge is 2.21. The zero-order valence-corrected chi connectivity index (χ0v) is 16.5. The number of halogens is 2. The first kappa shape index (κ1) is 19.8. The van der Waals surface area contributed by atoms with E-state index in [0.717, 1.165) is 30.4 Å². The number of nitrogens with one attached hydrogen (secondary N) is 1. The first-order valence-electron chi connectivity index (χ1n) is 7.35. The Morgan fingerprint density at radius 2 is 1.95 bits per heavy atom. The van der Waals surface area contributed by atoms with Crippen molar-refractivity contribution in [3.63, 3.8) is 0 Å². The van der Waals surface area contributed by atoms with Crippen LogP contribution in [0.3, 0.4) is 0 Å². The van der Waals surface area contributed by atoms with Gasteiger partial charge in [0.05, 0.1) is 5.75 Å². The lowest BCUT2D eigenvalue weighted by atomic mass is 10.1. The fourth-order valence-electron chi connectivity index (χ4n) is 2.55. The van der Waals surface area contributed by atoms with E-state index in [1.54, 1.807) is 11.8 Å². The molecule has 0 radical (unpaired) electrons. The first-order valence-corrected chi connectivity index (χ1v) is 9.13. The molecule has 22 heavy (non-hydrogen) atoms. The minimum Gasteiger partial charge on any atom is -0.342 e. The smallest absolute Gasteiger partial charge is 0.232 e. The third-order valence-corrected chi connectivity index (χ3v) is 6.05. The number of amides is 1. The molecule has 1 aliphatic rings. The van der Waals surface area contributed by atoms with Crippen LogP contribution in [0.25, 0.3) is 0 Å². The number of carbonyl (C=O) groups is 1. The molecule has 1 aromatic carbocycles. The molecule has 0 unspecified atom stereocenters. The number of hydrogen-bond acceptors (Lipinski definition) is 3. The lowest BCUT2D eigenvalue weighted by molar-refractivity contribution is -0.129. The van der Waals surface area contributed by atoms with Crippen LogP contribution in [0.15, 0.2) is 21.5 Å². The molecule has 0 aromatic heterocycles. The molecule has 1 N–H and O–H groups in total. The summed E-state index contributed by atoms with van der Waals surface area (Å²) in [5, 5.41) is 3.34. The van der Waals surface area contributed by atoms with Gasteiger partial charge < -0.3 is 10.2 Å². The molecule has 0 atom stereocenters. The Morgan fingerprint density at radius 1 is 1.32 bits per heavy atom. The van der Waals surface area contributed by atoms with Gasteiger partial charge >= 0.3 is 0 Å². The third kappa shape index (κ3) is 5.15. The number of carbonyl (C=O) groups excluding carboxylic acids is 1. The largest absolute Gasteiger partial charge is 0.342 e. The van der Waals surface area contributed by atoms with Crippen LogP contribution < -0.4 is 5.32 Å². The van der Waals surface area contributed by atoms with Crippen LogP contribution in [0.4, 0.5) is 0 Å². The highest BCUT2D eigenvalue weighted by Crippen LogP contribution is 2.28. The van der Waals surface area contributed by atoms with Crippen molar-refractivity contribution in [1.29, 1.82) is 0 Å². The predicted molar refractivity (Wildman–Crippen MR) is 100 cm³/mol. The summed E-state index contributed by atoms with van der Waals surface area (Å²) in [7, 11) is 1.94. The summed E-state index contributed by atoms with van der Waals surface area (Å²) >= 11 is 5.19. The van der Waals surface area contributed by atoms with Gasteiger partial charge in [-0.1, -0.05) is 15.9 Å². The molecule has 124 valence electrons. The van der Waals surface area contributed by atoms with Crippen LogP contribution in [-0.2, 0) is 4.79 Å². The number of thioether (sulfide) groups is 1. The van der Waals surface area contributed by atoms with Crippen LogP contribution in [0.1, 0.15) is 24.0 Å². The third-order valence-electron chi connectivity index (χ3n) is 4.06. The van der Waals surface area contributed by atoms with Crippen LogP contribution >= 0.6 is 40.1 Å². The van der Waals surface area contributed by atoms with Crippen molar-refractivity contribution in [3.05, 3.63) is 27.7 Å². The topological polar surface area (TPSA) is 32.3 Å². The Balaban J connectivity index is 0.00000242. The monoisotopic (exact) mass is 406 g/mol. The molecular weight excluding hydrogens is 384 g/mol. The Bertz CT molecular complexity index is 521. The Morgan fingerprint density at radius 3 is 2.59 bits per heavy atom. The molecule has 2 rings (SSSR count). The number of hydrogen-bond donors (Lipinski definition) is 1. The average molecular weight is 408 g/mol. The van der Waals surface area contributed by atoms with Crippen LogP contribution in [0, 0.1) is 13.8 Å². The van der Waals surface area contributed by atoms with Crippen molar-refractivity contribution < 1.29 is 4.79 Å². The van der Waals surface area contributed by atoms with E-state index in [9.17, 15) is 4.79 Å². The number of aryl methyl sites for hydroxylation is 2. The fourth-order valence-corrected chi connectivity index (χ4v) is 4.04. The summed E-state index contributed by atoms with van der Waals surface area (Å²) in [4.78, 5) is 15.5. The second-order valence-electron chi connectivity index (χ2n) is 5.64. The van der Waals surface area contributed by atoms with Gasteiger partial charge in [-0.2, -0.15) is 0 Å². The molecule has 0 spiro atoms. The molecule has 1 aliphatic heterocycles. The van der Waals surface area contributed by atoms with E-state index in [2.05, 4.69) is 47.2 Å². The summed E-state index contributed by atoms with van der Waals surface area (Å²) < 4.78 is 1.13. The summed E-state index contributed by atoms with van der Waals surface area (Å²) in [5.41, 5.74) is 2.43. The average Bonchev–Trinajstić information content (AvgIpc) is 2.49. The Labute approximate surface area is 152 Å². The lowest BCUT2D eigenvalue weighted by Crippen LogP contribution is -2.44.